The lowest BCUT2D eigenvalue weighted by Gasteiger charge is -2.30. The van der Waals surface area contributed by atoms with E-state index in [2.05, 4.69) is 15.3 Å². The Balaban J connectivity index is 1.56. The minimum Gasteiger partial charge on any atom is -0.379 e. The van der Waals surface area contributed by atoms with Gasteiger partial charge in [0, 0.05) is 22.4 Å². The molecule has 3 N–H and O–H groups in total. The molecular formula is C20H19FN4OS3. The number of amides is 1. The highest BCUT2D eigenvalue weighted by Crippen LogP contribution is 2.37. The van der Waals surface area contributed by atoms with Crippen molar-refractivity contribution in [3.05, 3.63) is 57.0 Å². The van der Waals surface area contributed by atoms with Crippen molar-refractivity contribution in [2.75, 3.05) is 11.1 Å². The first-order chi connectivity index (χ1) is 13.8. The summed E-state index contributed by atoms with van der Waals surface area (Å²) < 4.78 is 14.5. The largest absolute Gasteiger partial charge is 0.379 e. The first-order valence-corrected chi connectivity index (χ1v) is 11.6. The van der Waals surface area contributed by atoms with Crippen molar-refractivity contribution < 1.29 is 9.18 Å². The minimum absolute atomic E-state index is 0.238. The number of aryl methyl sites for hydroxylation is 1. The van der Waals surface area contributed by atoms with Gasteiger partial charge in [0.25, 0.3) is 5.91 Å². The fourth-order valence-corrected chi connectivity index (χ4v) is 5.69. The zero-order valence-corrected chi connectivity index (χ0v) is 18.3. The van der Waals surface area contributed by atoms with Crippen molar-refractivity contribution in [3.8, 4) is 10.6 Å². The quantitative estimate of drug-likeness (QED) is 0.574. The van der Waals surface area contributed by atoms with Gasteiger partial charge in [0.1, 0.15) is 5.82 Å². The molecular weight excluding hydrogens is 427 g/mol. The molecule has 4 rings (SSSR count). The molecule has 0 saturated carbocycles. The number of nitrogens with zero attached hydrogens (tertiary/aromatic N) is 2. The third-order valence-corrected chi connectivity index (χ3v) is 7.38. The van der Waals surface area contributed by atoms with Crippen LogP contribution in [0.5, 0.6) is 0 Å². The van der Waals surface area contributed by atoms with E-state index in [9.17, 15) is 9.18 Å². The van der Waals surface area contributed by atoms with E-state index in [4.69, 9.17) is 5.73 Å². The molecule has 3 aromatic rings. The summed E-state index contributed by atoms with van der Waals surface area (Å²) in [6.07, 6.45) is 0.675. The molecule has 150 valence electrons. The summed E-state index contributed by atoms with van der Waals surface area (Å²) in [6, 6.07) is 8.24. The fourth-order valence-electron chi connectivity index (χ4n) is 3.16. The van der Waals surface area contributed by atoms with Gasteiger partial charge >= 0.3 is 0 Å². The number of rotatable bonds is 4. The van der Waals surface area contributed by atoms with Crippen LogP contribution in [-0.2, 0) is 5.54 Å². The van der Waals surface area contributed by atoms with Crippen LogP contribution in [0.4, 0.5) is 10.1 Å². The lowest BCUT2D eigenvalue weighted by molar-refractivity contribution is 0.103. The van der Waals surface area contributed by atoms with Crippen molar-refractivity contribution in [2.24, 2.45) is 10.7 Å². The molecule has 0 radical (unpaired) electrons. The second-order valence-corrected chi connectivity index (χ2v) is 10.1. The lowest BCUT2D eigenvalue weighted by atomic mass is 9.89. The Kier molecular flexibility index (Phi) is 5.46. The molecule has 1 aliphatic heterocycles. The van der Waals surface area contributed by atoms with Crippen molar-refractivity contribution in [3.63, 3.8) is 0 Å². The van der Waals surface area contributed by atoms with Crippen LogP contribution in [0.15, 0.2) is 40.7 Å². The van der Waals surface area contributed by atoms with Crippen LogP contribution in [0.25, 0.3) is 10.6 Å². The monoisotopic (exact) mass is 446 g/mol. The molecule has 1 atom stereocenters. The number of aliphatic imine (C=N–C) groups is 1. The van der Waals surface area contributed by atoms with Crippen molar-refractivity contribution in [2.45, 2.75) is 25.8 Å². The third kappa shape index (κ3) is 4.22. The Morgan fingerprint density at radius 2 is 2.14 bits per heavy atom. The van der Waals surface area contributed by atoms with Gasteiger partial charge < -0.3 is 11.1 Å². The molecule has 1 amide bonds. The van der Waals surface area contributed by atoms with Crippen LogP contribution < -0.4 is 11.1 Å². The topological polar surface area (TPSA) is 80.4 Å². The highest BCUT2D eigenvalue weighted by Gasteiger charge is 2.32. The van der Waals surface area contributed by atoms with E-state index in [1.165, 1.54) is 29.2 Å². The summed E-state index contributed by atoms with van der Waals surface area (Å²) in [5, 5.41) is 6.28. The summed E-state index contributed by atoms with van der Waals surface area (Å²) in [4.78, 5) is 23.1. The number of carbonyl (C=O) groups excluding carboxylic acids is 1. The Morgan fingerprint density at radius 1 is 1.31 bits per heavy atom. The summed E-state index contributed by atoms with van der Waals surface area (Å²) >= 11 is 4.42. The van der Waals surface area contributed by atoms with E-state index in [0.717, 1.165) is 21.3 Å². The molecule has 0 bridgehead atoms. The third-order valence-electron chi connectivity index (χ3n) is 4.70. The number of aromatic nitrogens is 1. The van der Waals surface area contributed by atoms with E-state index in [1.54, 1.807) is 29.5 Å². The molecule has 1 aliphatic rings. The van der Waals surface area contributed by atoms with E-state index >= 15 is 0 Å². The van der Waals surface area contributed by atoms with Gasteiger partial charge in [-0.05, 0) is 50.6 Å². The van der Waals surface area contributed by atoms with Gasteiger partial charge in [-0.1, -0.05) is 11.8 Å². The number of halogens is 1. The highest BCUT2D eigenvalue weighted by molar-refractivity contribution is 8.13. The molecule has 9 heteroatoms. The number of thiazole rings is 1. The van der Waals surface area contributed by atoms with Gasteiger partial charge in [-0.15, -0.1) is 22.7 Å². The van der Waals surface area contributed by atoms with Gasteiger partial charge in [-0.25, -0.2) is 9.37 Å². The molecule has 0 fully saturated rings. The maximum atomic E-state index is 14.5. The Hall–Kier alpha value is -2.23. The molecule has 3 heterocycles. The summed E-state index contributed by atoms with van der Waals surface area (Å²) in [6.45, 7) is 3.82. The van der Waals surface area contributed by atoms with E-state index in [-0.39, 0.29) is 11.7 Å². The van der Waals surface area contributed by atoms with E-state index < -0.39 is 5.54 Å². The maximum Gasteiger partial charge on any atom is 0.265 e. The van der Waals surface area contributed by atoms with Crippen LogP contribution in [-0.4, -0.2) is 21.8 Å². The smallest absolute Gasteiger partial charge is 0.265 e. The Bertz CT molecular complexity index is 1110. The van der Waals surface area contributed by atoms with Crippen LogP contribution >= 0.6 is 34.4 Å². The summed E-state index contributed by atoms with van der Waals surface area (Å²) in [7, 11) is 0. The number of amidine groups is 1. The molecule has 0 aliphatic carbocycles. The second kappa shape index (κ2) is 7.89. The zero-order valence-electron chi connectivity index (χ0n) is 15.9. The number of nitrogens with two attached hydrogens (primary N) is 1. The number of hydrogen-bond donors (Lipinski definition) is 2. The molecule has 29 heavy (non-hydrogen) atoms. The predicted molar refractivity (Wildman–Crippen MR) is 121 cm³/mol. The molecule has 0 saturated heterocycles. The average molecular weight is 447 g/mol. The maximum absolute atomic E-state index is 14.5. The normalized spacial score (nSPS) is 19.1. The number of hydrogen-bond acceptors (Lipinski definition) is 7. The molecule has 5 nitrogen and oxygen atoms in total. The highest BCUT2D eigenvalue weighted by atomic mass is 32.2. The standard InChI is InChI=1S/C20H19FN4OS3/c1-11-23-15(10-28-11)16-5-6-17(29-16)18(26)24-12-3-4-14(21)13(9-12)20(2)7-8-27-19(22)25-20/h3-6,9-10H,7-8H2,1-2H3,(H2,22,25)(H,24,26). The SMILES string of the molecule is Cc1nc(-c2ccc(C(=O)Nc3ccc(F)c(C4(C)CCSC(N)=N4)c3)s2)cs1. The predicted octanol–water partition coefficient (Wildman–Crippen LogP) is 5.24. The Labute approximate surface area is 180 Å². The van der Waals surface area contributed by atoms with E-state index in [1.807, 2.05) is 25.3 Å². The summed E-state index contributed by atoms with van der Waals surface area (Å²) in [5.41, 5.74) is 6.96. The van der Waals surface area contributed by atoms with Gasteiger partial charge in [-0.3, -0.25) is 9.79 Å². The number of nitrogens with one attached hydrogen (secondary N) is 1. The lowest BCUT2D eigenvalue weighted by Crippen LogP contribution is -2.29. The number of thiophene rings is 1. The van der Waals surface area contributed by atoms with Crippen LogP contribution in [0.2, 0.25) is 0 Å². The van der Waals surface area contributed by atoms with Crippen molar-refractivity contribution >= 4 is 51.2 Å². The molecule has 1 unspecified atom stereocenters. The first-order valence-electron chi connectivity index (χ1n) is 8.96. The average Bonchev–Trinajstić information content (AvgIpc) is 3.32. The molecule has 2 aromatic heterocycles. The van der Waals surface area contributed by atoms with Crippen LogP contribution in [0.1, 0.15) is 33.6 Å². The Morgan fingerprint density at radius 3 is 2.86 bits per heavy atom. The molecule has 0 spiro atoms. The molecule has 1 aromatic carbocycles. The van der Waals surface area contributed by atoms with Gasteiger partial charge in [0.05, 0.1) is 26.0 Å². The second-order valence-electron chi connectivity index (χ2n) is 6.89. The number of benzene rings is 1. The van der Waals surface area contributed by atoms with Gasteiger partial charge in [0.15, 0.2) is 5.17 Å². The van der Waals surface area contributed by atoms with Crippen LogP contribution in [0, 0.1) is 12.7 Å². The number of anilines is 1. The zero-order chi connectivity index (χ0) is 20.6. The van der Waals surface area contributed by atoms with Crippen LogP contribution in [0.3, 0.4) is 0 Å². The van der Waals surface area contributed by atoms with E-state index in [0.29, 0.717) is 27.7 Å². The van der Waals surface area contributed by atoms with Gasteiger partial charge in [0.2, 0.25) is 0 Å². The first kappa shape index (κ1) is 20.1. The fraction of sp³-hybridized carbons (Fsp3) is 0.250. The van der Waals surface area contributed by atoms with Crippen molar-refractivity contribution in [1.29, 1.82) is 0 Å². The minimum atomic E-state index is -0.737. The summed E-state index contributed by atoms with van der Waals surface area (Å²) in [5.74, 6) is 0.181. The number of carbonyl (C=O) groups is 1. The number of thioether (sulfide) groups is 1. The van der Waals surface area contributed by atoms with Crippen molar-refractivity contribution in [1.82, 2.24) is 4.98 Å². The van der Waals surface area contributed by atoms with Gasteiger partial charge in [-0.2, -0.15) is 0 Å².